The molecular weight excluding hydrogens is 216 g/mol. The smallest absolute Gasteiger partial charge is 0.171 e. The van der Waals surface area contributed by atoms with Crippen molar-refractivity contribution in [1.29, 1.82) is 0 Å². The maximum atomic E-state index is 5.41. The monoisotopic (exact) mass is 230 g/mol. The second-order valence-corrected chi connectivity index (χ2v) is 4.00. The number of ether oxygens (including phenoxy) is 1. The lowest BCUT2D eigenvalue weighted by Crippen LogP contribution is -2.01. The summed E-state index contributed by atoms with van der Waals surface area (Å²) in [5.74, 6) is 1.75. The van der Waals surface area contributed by atoms with E-state index in [1.807, 2.05) is 31.2 Å². The SMILES string of the molecule is CCOc1ccc(-c2onc3c2CNC3)cc1. The average molecular weight is 230 g/mol. The van der Waals surface area contributed by atoms with Crippen LogP contribution in [0.15, 0.2) is 28.8 Å². The summed E-state index contributed by atoms with van der Waals surface area (Å²) in [4.78, 5) is 0. The summed E-state index contributed by atoms with van der Waals surface area (Å²) >= 11 is 0. The molecule has 1 aliphatic rings. The Labute approximate surface area is 99.6 Å². The van der Waals surface area contributed by atoms with Gasteiger partial charge in [0, 0.05) is 24.2 Å². The molecule has 0 radical (unpaired) electrons. The molecule has 1 aromatic heterocycles. The number of benzene rings is 1. The zero-order valence-electron chi connectivity index (χ0n) is 9.69. The van der Waals surface area contributed by atoms with E-state index >= 15 is 0 Å². The quantitative estimate of drug-likeness (QED) is 0.879. The van der Waals surface area contributed by atoms with Gasteiger partial charge in [-0.1, -0.05) is 5.16 Å². The third kappa shape index (κ3) is 1.80. The summed E-state index contributed by atoms with van der Waals surface area (Å²) in [7, 11) is 0. The minimum absolute atomic E-state index is 0.682. The van der Waals surface area contributed by atoms with E-state index in [4.69, 9.17) is 9.26 Å². The zero-order valence-corrected chi connectivity index (χ0v) is 9.69. The first-order valence-corrected chi connectivity index (χ1v) is 5.80. The summed E-state index contributed by atoms with van der Waals surface area (Å²) in [6, 6.07) is 7.92. The molecule has 0 amide bonds. The van der Waals surface area contributed by atoms with E-state index in [0.717, 1.165) is 35.9 Å². The van der Waals surface area contributed by atoms with E-state index in [2.05, 4.69) is 10.5 Å². The molecule has 0 unspecified atom stereocenters. The van der Waals surface area contributed by atoms with Gasteiger partial charge in [-0.15, -0.1) is 0 Å². The van der Waals surface area contributed by atoms with E-state index < -0.39 is 0 Å². The van der Waals surface area contributed by atoms with E-state index in [0.29, 0.717) is 6.61 Å². The maximum Gasteiger partial charge on any atom is 0.171 e. The predicted molar refractivity (Wildman–Crippen MR) is 63.7 cm³/mol. The molecule has 0 atom stereocenters. The lowest BCUT2D eigenvalue weighted by molar-refractivity contribution is 0.340. The largest absolute Gasteiger partial charge is 0.494 e. The van der Waals surface area contributed by atoms with Crippen LogP contribution in [-0.2, 0) is 13.1 Å². The topological polar surface area (TPSA) is 47.3 Å². The van der Waals surface area contributed by atoms with Crippen LogP contribution in [0.5, 0.6) is 5.75 Å². The molecule has 2 aromatic rings. The van der Waals surface area contributed by atoms with E-state index in [9.17, 15) is 0 Å². The predicted octanol–water partition coefficient (Wildman–Crippen LogP) is 2.34. The first-order chi connectivity index (χ1) is 8.38. The fourth-order valence-corrected chi connectivity index (χ4v) is 2.07. The van der Waals surface area contributed by atoms with Crippen molar-refractivity contribution in [3.8, 4) is 17.1 Å². The van der Waals surface area contributed by atoms with E-state index in [1.165, 1.54) is 5.56 Å². The lowest BCUT2D eigenvalue weighted by Gasteiger charge is -2.03. The molecule has 0 saturated carbocycles. The molecule has 3 rings (SSSR count). The van der Waals surface area contributed by atoms with Crippen LogP contribution >= 0.6 is 0 Å². The highest BCUT2D eigenvalue weighted by molar-refractivity contribution is 5.63. The first kappa shape index (κ1) is 10.4. The van der Waals surface area contributed by atoms with Crippen LogP contribution < -0.4 is 10.1 Å². The van der Waals surface area contributed by atoms with Crippen molar-refractivity contribution in [1.82, 2.24) is 10.5 Å². The molecule has 0 aliphatic carbocycles. The Hall–Kier alpha value is -1.81. The molecule has 0 bridgehead atoms. The van der Waals surface area contributed by atoms with Gasteiger partial charge in [-0.25, -0.2) is 0 Å². The number of nitrogens with zero attached hydrogens (tertiary/aromatic N) is 1. The van der Waals surface area contributed by atoms with Gasteiger partial charge in [0.1, 0.15) is 11.4 Å². The Morgan fingerprint density at radius 1 is 1.29 bits per heavy atom. The van der Waals surface area contributed by atoms with Crippen molar-refractivity contribution < 1.29 is 9.26 Å². The van der Waals surface area contributed by atoms with Crippen molar-refractivity contribution in [2.75, 3.05) is 6.61 Å². The Morgan fingerprint density at radius 3 is 2.88 bits per heavy atom. The number of rotatable bonds is 3. The number of aromatic nitrogens is 1. The van der Waals surface area contributed by atoms with Crippen molar-refractivity contribution in [3.05, 3.63) is 35.5 Å². The van der Waals surface area contributed by atoms with Crippen LogP contribution in [0.1, 0.15) is 18.2 Å². The summed E-state index contributed by atoms with van der Waals surface area (Å²) in [5.41, 5.74) is 3.24. The molecule has 1 N–H and O–H groups in total. The van der Waals surface area contributed by atoms with E-state index in [-0.39, 0.29) is 0 Å². The van der Waals surface area contributed by atoms with Gasteiger partial charge in [0.15, 0.2) is 5.76 Å². The highest BCUT2D eigenvalue weighted by atomic mass is 16.5. The molecule has 4 nitrogen and oxygen atoms in total. The number of nitrogens with one attached hydrogen (secondary N) is 1. The van der Waals surface area contributed by atoms with Gasteiger partial charge in [0.25, 0.3) is 0 Å². The zero-order chi connectivity index (χ0) is 11.7. The van der Waals surface area contributed by atoms with Crippen molar-refractivity contribution in [2.24, 2.45) is 0 Å². The molecule has 88 valence electrons. The van der Waals surface area contributed by atoms with Gasteiger partial charge >= 0.3 is 0 Å². The third-order valence-electron chi connectivity index (χ3n) is 2.89. The van der Waals surface area contributed by atoms with Crippen LogP contribution in [0.4, 0.5) is 0 Å². The average Bonchev–Trinajstić information content (AvgIpc) is 2.93. The standard InChI is InChI=1S/C13H14N2O2/c1-2-16-10-5-3-9(4-6-10)13-11-7-14-8-12(11)15-17-13/h3-6,14H,2,7-8H2,1H3. The number of hydrogen-bond acceptors (Lipinski definition) is 4. The van der Waals surface area contributed by atoms with Gasteiger partial charge in [0.05, 0.1) is 6.61 Å². The minimum atomic E-state index is 0.682. The molecule has 0 fully saturated rings. The Kier molecular flexibility index (Phi) is 2.57. The summed E-state index contributed by atoms with van der Waals surface area (Å²) in [6.45, 7) is 4.29. The molecule has 1 aromatic carbocycles. The Morgan fingerprint density at radius 2 is 2.12 bits per heavy atom. The molecule has 17 heavy (non-hydrogen) atoms. The molecule has 0 spiro atoms. The van der Waals surface area contributed by atoms with E-state index in [1.54, 1.807) is 0 Å². The number of hydrogen-bond donors (Lipinski definition) is 1. The lowest BCUT2D eigenvalue weighted by atomic mass is 10.1. The third-order valence-corrected chi connectivity index (χ3v) is 2.89. The molecule has 4 heteroatoms. The summed E-state index contributed by atoms with van der Waals surface area (Å²) < 4.78 is 10.8. The van der Waals surface area contributed by atoms with Gasteiger partial charge in [-0.2, -0.15) is 0 Å². The van der Waals surface area contributed by atoms with Crippen molar-refractivity contribution in [3.63, 3.8) is 0 Å². The van der Waals surface area contributed by atoms with Crippen molar-refractivity contribution in [2.45, 2.75) is 20.0 Å². The van der Waals surface area contributed by atoms with Gasteiger partial charge in [-0.05, 0) is 31.2 Å². The second-order valence-electron chi connectivity index (χ2n) is 4.00. The Bertz CT molecular complexity index is 517. The molecule has 1 aliphatic heterocycles. The highest BCUT2D eigenvalue weighted by Crippen LogP contribution is 2.30. The van der Waals surface area contributed by atoms with Crippen LogP contribution in [0.25, 0.3) is 11.3 Å². The van der Waals surface area contributed by atoms with Gasteiger partial charge in [0.2, 0.25) is 0 Å². The summed E-state index contributed by atoms with van der Waals surface area (Å²) in [5, 5.41) is 7.33. The normalized spacial score (nSPS) is 13.7. The first-order valence-electron chi connectivity index (χ1n) is 5.80. The van der Waals surface area contributed by atoms with Crippen LogP contribution in [0, 0.1) is 0 Å². The fourth-order valence-electron chi connectivity index (χ4n) is 2.07. The highest BCUT2D eigenvalue weighted by Gasteiger charge is 2.21. The summed E-state index contributed by atoms with van der Waals surface area (Å²) in [6.07, 6.45) is 0. The maximum absolute atomic E-state index is 5.41. The van der Waals surface area contributed by atoms with Gasteiger partial charge in [-0.3, -0.25) is 0 Å². The number of fused-ring (bicyclic) bond motifs is 1. The van der Waals surface area contributed by atoms with Crippen LogP contribution in [0.3, 0.4) is 0 Å². The second kappa shape index (κ2) is 4.22. The fraction of sp³-hybridized carbons (Fsp3) is 0.308. The molecular formula is C13H14N2O2. The molecule has 0 saturated heterocycles. The van der Waals surface area contributed by atoms with Gasteiger partial charge < -0.3 is 14.6 Å². The van der Waals surface area contributed by atoms with Crippen molar-refractivity contribution >= 4 is 0 Å². The minimum Gasteiger partial charge on any atom is -0.494 e. The van der Waals surface area contributed by atoms with Crippen LogP contribution in [0.2, 0.25) is 0 Å². The Balaban J connectivity index is 1.93. The van der Waals surface area contributed by atoms with Crippen LogP contribution in [-0.4, -0.2) is 11.8 Å². The molecule has 2 heterocycles.